The van der Waals surface area contributed by atoms with E-state index in [1.807, 2.05) is 24.5 Å². The summed E-state index contributed by atoms with van der Waals surface area (Å²) in [7, 11) is 0. The number of aromatic nitrogens is 4. The molecule has 0 bridgehead atoms. The first-order valence-corrected chi connectivity index (χ1v) is 20.3. The summed E-state index contributed by atoms with van der Waals surface area (Å²) < 4.78 is 4.78. The number of pyridine rings is 2. The van der Waals surface area contributed by atoms with Gasteiger partial charge < -0.3 is 9.13 Å². The van der Waals surface area contributed by atoms with Crippen molar-refractivity contribution in [3.8, 4) is 78.7 Å². The number of rotatable bonds is 8. The van der Waals surface area contributed by atoms with Crippen molar-refractivity contribution in [3.05, 3.63) is 231 Å². The van der Waals surface area contributed by atoms with E-state index in [0.29, 0.717) is 0 Å². The van der Waals surface area contributed by atoms with Gasteiger partial charge >= 0.3 is 0 Å². The molecule has 0 aliphatic rings. The van der Waals surface area contributed by atoms with Gasteiger partial charge in [-0.15, -0.1) is 0 Å². The Morgan fingerprint density at radius 1 is 0.300 bits per heavy atom. The molecule has 0 radical (unpaired) electrons. The molecule has 4 heterocycles. The molecule has 11 aromatic rings. The molecule has 0 fully saturated rings. The number of benzene rings is 7. The van der Waals surface area contributed by atoms with E-state index in [1.165, 1.54) is 0 Å². The molecule has 0 atom stereocenters. The first-order chi connectivity index (χ1) is 29.8. The lowest BCUT2D eigenvalue weighted by Gasteiger charge is -2.17. The van der Waals surface area contributed by atoms with Crippen LogP contribution in [0.25, 0.3) is 100 Å². The zero-order valence-electron chi connectivity index (χ0n) is 32.7. The van der Waals surface area contributed by atoms with Crippen LogP contribution in [0.15, 0.2) is 231 Å². The first-order valence-electron chi connectivity index (χ1n) is 20.3. The summed E-state index contributed by atoms with van der Waals surface area (Å²) in [4.78, 5) is 9.81. The Morgan fingerprint density at radius 3 is 1.12 bits per heavy atom. The Balaban J connectivity index is 1.11. The lowest BCUT2D eigenvalue weighted by atomic mass is 9.91. The minimum Gasteiger partial charge on any atom is -0.309 e. The molecule has 4 aromatic heterocycles. The van der Waals surface area contributed by atoms with E-state index in [4.69, 9.17) is 9.97 Å². The van der Waals surface area contributed by atoms with Gasteiger partial charge in [0, 0.05) is 45.7 Å². The highest BCUT2D eigenvalue weighted by molar-refractivity contribution is 6.07. The summed E-state index contributed by atoms with van der Waals surface area (Å²) in [5.74, 6) is 0. The lowest BCUT2D eigenvalue weighted by Crippen LogP contribution is -1.98. The number of para-hydroxylation sites is 4. The molecule has 282 valence electrons. The fraction of sp³-hybridized carbons (Fsp3) is 0. The Kier molecular flexibility index (Phi) is 8.79. The smallest absolute Gasteiger partial charge is 0.0730 e. The van der Waals surface area contributed by atoms with Crippen LogP contribution >= 0.6 is 0 Å². The molecule has 60 heavy (non-hydrogen) atoms. The normalized spacial score (nSPS) is 11.3. The van der Waals surface area contributed by atoms with Crippen LogP contribution in [0.2, 0.25) is 0 Å². The summed E-state index contributed by atoms with van der Waals surface area (Å²) in [6.07, 6.45) is 3.76. The Labute approximate surface area is 349 Å². The van der Waals surface area contributed by atoms with Crippen LogP contribution in [0.5, 0.6) is 0 Å². The molecule has 0 aliphatic heterocycles. The molecule has 0 saturated heterocycles. The third-order valence-electron chi connectivity index (χ3n) is 11.4. The highest BCUT2D eigenvalue weighted by Gasteiger charge is 2.24. The van der Waals surface area contributed by atoms with E-state index in [2.05, 4.69) is 215 Å². The summed E-state index contributed by atoms with van der Waals surface area (Å²) >= 11 is 0. The zero-order valence-corrected chi connectivity index (χ0v) is 32.7. The average Bonchev–Trinajstić information content (AvgIpc) is 3.87. The van der Waals surface area contributed by atoms with Crippen molar-refractivity contribution in [1.82, 2.24) is 19.1 Å². The summed E-state index contributed by atoms with van der Waals surface area (Å²) in [5.41, 5.74) is 17.6. The topological polar surface area (TPSA) is 35.6 Å². The molecule has 0 N–H and O–H groups in total. The van der Waals surface area contributed by atoms with Gasteiger partial charge in [0.15, 0.2) is 0 Å². The second kappa shape index (κ2) is 15.0. The molecule has 0 amide bonds. The van der Waals surface area contributed by atoms with Crippen LogP contribution in [0, 0.1) is 0 Å². The SMILES string of the molecule is c1ccc(-n2c(-c3cccc(-c4ccccc4-c4cccc(-c5c(-c6ccccn6)c6ccccc6n5-c5ccccc5)c4)c3)c(-c3ccccn3)c3ccccc32)cc1. The van der Waals surface area contributed by atoms with Gasteiger partial charge in [0.05, 0.1) is 33.8 Å². The van der Waals surface area contributed by atoms with Gasteiger partial charge in [-0.25, -0.2) is 0 Å². The van der Waals surface area contributed by atoms with E-state index in [-0.39, 0.29) is 0 Å². The molecule has 0 spiro atoms. The minimum absolute atomic E-state index is 0.944. The molecule has 4 nitrogen and oxygen atoms in total. The van der Waals surface area contributed by atoms with Crippen LogP contribution in [-0.2, 0) is 0 Å². The molecule has 0 saturated carbocycles. The molecule has 0 aliphatic carbocycles. The fourth-order valence-electron chi connectivity index (χ4n) is 8.91. The van der Waals surface area contributed by atoms with Crippen LogP contribution < -0.4 is 0 Å². The molecule has 0 unspecified atom stereocenters. The van der Waals surface area contributed by atoms with Crippen LogP contribution in [-0.4, -0.2) is 19.1 Å². The Bertz CT molecular complexity index is 2920. The maximum atomic E-state index is 4.91. The fourth-order valence-corrected chi connectivity index (χ4v) is 8.91. The van der Waals surface area contributed by atoms with Gasteiger partial charge in [-0.1, -0.05) is 146 Å². The van der Waals surface area contributed by atoms with E-state index in [9.17, 15) is 0 Å². The van der Waals surface area contributed by atoms with Gasteiger partial charge in [-0.3, -0.25) is 9.97 Å². The van der Waals surface area contributed by atoms with Crippen molar-refractivity contribution >= 4 is 21.8 Å². The largest absolute Gasteiger partial charge is 0.309 e. The Hall–Kier alpha value is -8.08. The molecular formula is C56H38N4. The van der Waals surface area contributed by atoms with Crippen molar-refractivity contribution < 1.29 is 0 Å². The van der Waals surface area contributed by atoms with Crippen molar-refractivity contribution in [1.29, 1.82) is 0 Å². The van der Waals surface area contributed by atoms with E-state index < -0.39 is 0 Å². The third-order valence-corrected chi connectivity index (χ3v) is 11.4. The van der Waals surface area contributed by atoms with E-state index in [0.717, 1.165) is 100 Å². The highest BCUT2D eigenvalue weighted by atomic mass is 15.0. The second-order valence-electron chi connectivity index (χ2n) is 15.0. The van der Waals surface area contributed by atoms with Gasteiger partial charge in [0.25, 0.3) is 0 Å². The van der Waals surface area contributed by atoms with Crippen molar-refractivity contribution in [3.63, 3.8) is 0 Å². The molecular weight excluding hydrogens is 729 g/mol. The standard InChI is InChI=1S/C56H38N4/c1-3-23-43(24-4-1)59-51-33-11-9-29-47(51)53(49-31-13-15-35-57-49)55(59)41-21-17-19-39(37-41)45-27-7-8-28-46(45)40-20-18-22-42(38-40)56-54(50-32-14-16-36-58-50)48-30-10-12-34-52(48)60(56)44-25-5-2-6-26-44/h1-38H. The highest BCUT2D eigenvalue weighted by Crippen LogP contribution is 2.46. The maximum Gasteiger partial charge on any atom is 0.0730 e. The van der Waals surface area contributed by atoms with Crippen LogP contribution in [0.3, 0.4) is 0 Å². The first kappa shape index (κ1) is 35.1. The molecule has 7 aromatic carbocycles. The number of nitrogens with zero attached hydrogens (tertiary/aromatic N) is 4. The molecule has 11 rings (SSSR count). The van der Waals surface area contributed by atoms with Crippen LogP contribution in [0.1, 0.15) is 0 Å². The summed E-state index contributed by atoms with van der Waals surface area (Å²) in [6, 6.07) is 77.7. The van der Waals surface area contributed by atoms with Crippen LogP contribution in [0.4, 0.5) is 0 Å². The van der Waals surface area contributed by atoms with Gasteiger partial charge in [0.2, 0.25) is 0 Å². The Morgan fingerprint density at radius 2 is 0.683 bits per heavy atom. The molecule has 4 heteroatoms. The third kappa shape index (κ3) is 6.02. The lowest BCUT2D eigenvalue weighted by molar-refractivity contribution is 1.13. The van der Waals surface area contributed by atoms with E-state index in [1.54, 1.807) is 0 Å². The maximum absolute atomic E-state index is 4.91. The second-order valence-corrected chi connectivity index (χ2v) is 15.0. The van der Waals surface area contributed by atoms with Gasteiger partial charge in [-0.05, 0) is 106 Å². The summed E-state index contributed by atoms with van der Waals surface area (Å²) in [6.45, 7) is 0. The number of hydrogen-bond acceptors (Lipinski definition) is 2. The monoisotopic (exact) mass is 766 g/mol. The number of hydrogen-bond donors (Lipinski definition) is 0. The average molecular weight is 767 g/mol. The zero-order chi connectivity index (χ0) is 39.8. The van der Waals surface area contributed by atoms with Crippen molar-refractivity contribution in [2.45, 2.75) is 0 Å². The summed E-state index contributed by atoms with van der Waals surface area (Å²) in [5, 5.41) is 2.33. The van der Waals surface area contributed by atoms with Crippen molar-refractivity contribution in [2.75, 3.05) is 0 Å². The quantitative estimate of drug-likeness (QED) is 0.154. The van der Waals surface area contributed by atoms with E-state index >= 15 is 0 Å². The number of fused-ring (bicyclic) bond motifs is 2. The van der Waals surface area contributed by atoms with Gasteiger partial charge in [0.1, 0.15) is 0 Å². The van der Waals surface area contributed by atoms with Gasteiger partial charge in [-0.2, -0.15) is 0 Å². The minimum atomic E-state index is 0.944. The predicted octanol–water partition coefficient (Wildman–Crippen LogP) is 14.4. The van der Waals surface area contributed by atoms with Crippen molar-refractivity contribution in [2.24, 2.45) is 0 Å². The predicted molar refractivity (Wildman–Crippen MR) is 248 cm³/mol.